The first kappa shape index (κ1) is 20.1. The highest BCUT2D eigenvalue weighted by atomic mass is 16.5. The first-order valence-corrected chi connectivity index (χ1v) is 10.3. The van der Waals surface area contributed by atoms with Crippen LogP contribution in [0.2, 0.25) is 0 Å². The molecule has 0 bridgehead atoms. The molecule has 0 radical (unpaired) electrons. The van der Waals surface area contributed by atoms with Crippen LogP contribution in [0.25, 0.3) is 10.9 Å². The summed E-state index contributed by atoms with van der Waals surface area (Å²) in [6.45, 7) is 8.25. The van der Waals surface area contributed by atoms with E-state index in [0.717, 1.165) is 60.0 Å². The lowest BCUT2D eigenvalue weighted by atomic mass is 10.1. The Hall–Kier alpha value is -3.19. The molecule has 4 rings (SSSR count). The van der Waals surface area contributed by atoms with E-state index in [4.69, 9.17) is 4.74 Å². The minimum Gasteiger partial charge on any atom is -0.378 e. The SMILES string of the molecule is CCN(CC(=O)Nc1ccc(N2CCOCC2)cc1)c1ncnc2ccc(C)cc12. The van der Waals surface area contributed by atoms with Crippen molar-refractivity contribution in [2.24, 2.45) is 0 Å². The molecule has 30 heavy (non-hydrogen) atoms. The largest absolute Gasteiger partial charge is 0.378 e. The summed E-state index contributed by atoms with van der Waals surface area (Å²) in [6.07, 6.45) is 1.55. The number of hydrogen-bond donors (Lipinski definition) is 1. The third-order valence-electron chi connectivity index (χ3n) is 5.31. The van der Waals surface area contributed by atoms with Gasteiger partial charge in [-0.15, -0.1) is 0 Å². The van der Waals surface area contributed by atoms with E-state index in [1.54, 1.807) is 6.33 Å². The third-order valence-corrected chi connectivity index (χ3v) is 5.31. The van der Waals surface area contributed by atoms with Crippen LogP contribution in [0.3, 0.4) is 0 Å². The molecule has 3 aromatic rings. The maximum atomic E-state index is 12.7. The lowest BCUT2D eigenvalue weighted by molar-refractivity contribution is -0.115. The fourth-order valence-corrected chi connectivity index (χ4v) is 3.70. The zero-order valence-electron chi connectivity index (χ0n) is 17.5. The number of aryl methyl sites for hydroxylation is 1. The summed E-state index contributed by atoms with van der Waals surface area (Å²) in [5.74, 6) is 0.708. The van der Waals surface area contributed by atoms with Crippen LogP contribution in [0.4, 0.5) is 17.2 Å². The van der Waals surface area contributed by atoms with E-state index in [1.807, 2.05) is 55.1 Å². The number of benzene rings is 2. The van der Waals surface area contributed by atoms with Crippen molar-refractivity contribution in [3.63, 3.8) is 0 Å². The van der Waals surface area contributed by atoms with Crippen molar-refractivity contribution in [1.29, 1.82) is 0 Å². The average Bonchev–Trinajstić information content (AvgIpc) is 2.78. The molecule has 0 saturated carbocycles. The smallest absolute Gasteiger partial charge is 0.243 e. The number of nitrogens with one attached hydrogen (secondary N) is 1. The topological polar surface area (TPSA) is 70.6 Å². The quantitative estimate of drug-likeness (QED) is 0.679. The van der Waals surface area contributed by atoms with Gasteiger partial charge in [0.1, 0.15) is 12.1 Å². The van der Waals surface area contributed by atoms with Crippen molar-refractivity contribution >= 4 is 34.0 Å². The number of morpholine rings is 1. The van der Waals surface area contributed by atoms with Gasteiger partial charge in [-0.3, -0.25) is 4.79 Å². The van der Waals surface area contributed by atoms with Crippen LogP contribution in [0.5, 0.6) is 0 Å². The molecular weight excluding hydrogens is 378 g/mol. The minimum absolute atomic E-state index is 0.0737. The van der Waals surface area contributed by atoms with Gasteiger partial charge in [0.05, 0.1) is 25.3 Å². The van der Waals surface area contributed by atoms with Crippen molar-refractivity contribution in [2.75, 3.05) is 54.5 Å². The predicted octanol–water partition coefficient (Wildman–Crippen LogP) is 3.24. The number of nitrogens with zero attached hydrogens (tertiary/aromatic N) is 4. The van der Waals surface area contributed by atoms with Crippen molar-refractivity contribution < 1.29 is 9.53 Å². The number of rotatable bonds is 6. The van der Waals surface area contributed by atoms with Crippen LogP contribution in [0.1, 0.15) is 12.5 Å². The summed E-state index contributed by atoms with van der Waals surface area (Å²) >= 11 is 0. The van der Waals surface area contributed by atoms with Crippen molar-refractivity contribution in [1.82, 2.24) is 9.97 Å². The Morgan fingerprint density at radius 1 is 1.13 bits per heavy atom. The Kier molecular flexibility index (Phi) is 6.09. The normalized spacial score (nSPS) is 14.0. The van der Waals surface area contributed by atoms with Gasteiger partial charge in [-0.2, -0.15) is 0 Å². The van der Waals surface area contributed by atoms with Gasteiger partial charge in [-0.25, -0.2) is 9.97 Å². The summed E-state index contributed by atoms with van der Waals surface area (Å²) in [7, 11) is 0. The Labute approximate surface area is 176 Å². The van der Waals surface area contributed by atoms with Gasteiger partial charge in [-0.1, -0.05) is 11.6 Å². The number of anilines is 3. The first-order valence-electron chi connectivity index (χ1n) is 10.3. The number of likely N-dealkylation sites (N-methyl/N-ethyl adjacent to an activating group) is 1. The molecule has 1 aliphatic rings. The lowest BCUT2D eigenvalue weighted by Crippen LogP contribution is -2.36. The highest BCUT2D eigenvalue weighted by molar-refractivity contribution is 5.96. The van der Waals surface area contributed by atoms with Crippen molar-refractivity contribution in [3.8, 4) is 0 Å². The van der Waals surface area contributed by atoms with Gasteiger partial charge >= 0.3 is 0 Å². The third kappa shape index (κ3) is 4.52. The summed E-state index contributed by atoms with van der Waals surface area (Å²) in [4.78, 5) is 25.8. The van der Waals surface area contributed by atoms with Crippen LogP contribution >= 0.6 is 0 Å². The number of ether oxygens (including phenoxy) is 1. The molecule has 0 aliphatic carbocycles. The van der Waals surface area contributed by atoms with E-state index < -0.39 is 0 Å². The minimum atomic E-state index is -0.0737. The molecule has 1 aromatic heterocycles. The fraction of sp³-hybridized carbons (Fsp3) is 0.348. The monoisotopic (exact) mass is 405 g/mol. The second kappa shape index (κ2) is 9.09. The maximum Gasteiger partial charge on any atom is 0.243 e. The summed E-state index contributed by atoms with van der Waals surface area (Å²) in [6, 6.07) is 14.1. The molecule has 1 amide bonds. The molecule has 0 unspecified atom stereocenters. The zero-order valence-corrected chi connectivity index (χ0v) is 17.5. The highest BCUT2D eigenvalue weighted by Gasteiger charge is 2.16. The van der Waals surface area contributed by atoms with E-state index >= 15 is 0 Å². The molecular formula is C23H27N5O2. The zero-order chi connectivity index (χ0) is 20.9. The Morgan fingerprint density at radius 2 is 1.90 bits per heavy atom. The molecule has 1 aliphatic heterocycles. The molecule has 0 spiro atoms. The van der Waals surface area contributed by atoms with Gasteiger partial charge in [0.2, 0.25) is 5.91 Å². The number of fused-ring (bicyclic) bond motifs is 1. The van der Waals surface area contributed by atoms with E-state index in [0.29, 0.717) is 6.54 Å². The van der Waals surface area contributed by atoms with Gasteiger partial charge < -0.3 is 19.9 Å². The molecule has 7 nitrogen and oxygen atoms in total. The summed E-state index contributed by atoms with van der Waals surface area (Å²) in [5, 5.41) is 3.96. The number of amides is 1. The molecule has 156 valence electrons. The molecule has 2 aromatic carbocycles. The maximum absolute atomic E-state index is 12.7. The summed E-state index contributed by atoms with van der Waals surface area (Å²) in [5.41, 5.74) is 3.95. The number of carbonyl (C=O) groups is 1. The Balaban J connectivity index is 1.44. The van der Waals surface area contributed by atoms with E-state index in [2.05, 4.69) is 26.3 Å². The van der Waals surface area contributed by atoms with Crippen molar-refractivity contribution in [2.45, 2.75) is 13.8 Å². The standard InChI is InChI=1S/C23H27N5O2/c1-3-27(23-20-14-17(2)4-9-21(20)24-16-25-23)15-22(29)26-18-5-7-19(8-6-18)28-10-12-30-13-11-28/h4-9,14,16H,3,10-13,15H2,1-2H3,(H,26,29). The second-order valence-electron chi connectivity index (χ2n) is 7.43. The second-order valence-corrected chi connectivity index (χ2v) is 7.43. The Bertz CT molecular complexity index is 1020. The molecule has 1 fully saturated rings. The molecule has 0 atom stereocenters. The Morgan fingerprint density at radius 3 is 2.63 bits per heavy atom. The molecule has 2 heterocycles. The van der Waals surface area contributed by atoms with Gasteiger partial charge in [0.25, 0.3) is 0 Å². The van der Waals surface area contributed by atoms with E-state index in [9.17, 15) is 4.79 Å². The van der Waals surface area contributed by atoms with Gasteiger partial charge in [-0.05, 0) is 50.2 Å². The van der Waals surface area contributed by atoms with Gasteiger partial charge in [0, 0.05) is 36.4 Å². The number of aromatic nitrogens is 2. The van der Waals surface area contributed by atoms with Crippen LogP contribution in [0, 0.1) is 6.92 Å². The van der Waals surface area contributed by atoms with E-state index in [1.165, 1.54) is 0 Å². The number of carbonyl (C=O) groups excluding carboxylic acids is 1. The molecule has 7 heteroatoms. The summed E-state index contributed by atoms with van der Waals surface area (Å²) < 4.78 is 5.40. The molecule has 1 N–H and O–H groups in total. The van der Waals surface area contributed by atoms with Crippen LogP contribution in [-0.4, -0.2) is 55.3 Å². The van der Waals surface area contributed by atoms with E-state index in [-0.39, 0.29) is 12.5 Å². The van der Waals surface area contributed by atoms with Crippen LogP contribution in [0.15, 0.2) is 48.8 Å². The van der Waals surface area contributed by atoms with Crippen LogP contribution in [-0.2, 0) is 9.53 Å². The average molecular weight is 406 g/mol. The van der Waals surface area contributed by atoms with Gasteiger partial charge in [0.15, 0.2) is 0 Å². The van der Waals surface area contributed by atoms with Crippen molar-refractivity contribution in [3.05, 3.63) is 54.4 Å². The fourth-order valence-electron chi connectivity index (χ4n) is 3.70. The van der Waals surface area contributed by atoms with Crippen LogP contribution < -0.4 is 15.1 Å². The first-order chi connectivity index (χ1) is 14.6. The highest BCUT2D eigenvalue weighted by Crippen LogP contribution is 2.24. The predicted molar refractivity (Wildman–Crippen MR) is 120 cm³/mol. The molecule has 1 saturated heterocycles. The lowest BCUT2D eigenvalue weighted by Gasteiger charge is -2.29. The number of hydrogen-bond acceptors (Lipinski definition) is 6.